The summed E-state index contributed by atoms with van der Waals surface area (Å²) in [5.74, 6) is 1.13. The van der Waals surface area contributed by atoms with E-state index >= 15 is 0 Å². The summed E-state index contributed by atoms with van der Waals surface area (Å²) in [5.41, 5.74) is 2.82. The van der Waals surface area contributed by atoms with Crippen LogP contribution in [0.3, 0.4) is 0 Å². The maximum Gasteiger partial charge on any atom is 0.0187 e. The van der Waals surface area contributed by atoms with Crippen molar-refractivity contribution in [3.8, 4) is 0 Å². The molecule has 0 saturated heterocycles. The lowest BCUT2D eigenvalue weighted by molar-refractivity contribution is 0.527. The van der Waals surface area contributed by atoms with Crippen LogP contribution in [0.15, 0.2) is 24.3 Å². The van der Waals surface area contributed by atoms with E-state index in [2.05, 4.69) is 55.2 Å². The third kappa shape index (κ3) is 4.66. The minimum Gasteiger partial charge on any atom is -0.313 e. The van der Waals surface area contributed by atoms with Crippen molar-refractivity contribution in [3.05, 3.63) is 35.4 Å². The van der Waals surface area contributed by atoms with Gasteiger partial charge in [-0.25, -0.2) is 0 Å². The summed E-state index contributed by atoms with van der Waals surface area (Å²) in [7, 11) is 0. The first-order valence-electron chi connectivity index (χ1n) is 7.14. The van der Waals surface area contributed by atoms with Gasteiger partial charge in [0.05, 0.1) is 0 Å². The van der Waals surface area contributed by atoms with Crippen molar-refractivity contribution in [1.29, 1.82) is 0 Å². The van der Waals surface area contributed by atoms with Crippen molar-refractivity contribution in [3.63, 3.8) is 0 Å². The number of rotatable bonds is 6. The molecule has 1 aromatic rings. The van der Waals surface area contributed by atoms with Crippen LogP contribution in [0, 0.1) is 6.92 Å². The van der Waals surface area contributed by atoms with Crippen LogP contribution in [0.1, 0.15) is 43.7 Å². The van der Waals surface area contributed by atoms with E-state index in [0.717, 1.165) is 18.3 Å². The van der Waals surface area contributed by atoms with Crippen molar-refractivity contribution in [2.45, 2.75) is 56.6 Å². The first kappa shape index (κ1) is 14.0. The number of nitrogens with one attached hydrogen (secondary N) is 1. The van der Waals surface area contributed by atoms with Gasteiger partial charge < -0.3 is 5.32 Å². The molecule has 1 aliphatic rings. The summed E-state index contributed by atoms with van der Waals surface area (Å²) in [6, 6.07) is 9.65. The number of hydrogen-bond acceptors (Lipinski definition) is 2. The predicted octanol–water partition coefficient (Wildman–Crippen LogP) is 4.15. The molecule has 18 heavy (non-hydrogen) atoms. The fraction of sp³-hybridized carbons (Fsp3) is 0.625. The average Bonchev–Trinajstić information content (AvgIpc) is 2.87. The standard InChI is InChI=1S/C16H25NS/c1-13-6-5-7-15(10-13)12-18-14(2)11-17-16-8-3-4-9-16/h5-7,10,14,16-17H,3-4,8-9,11-12H2,1-2H3. The molecule has 1 aromatic carbocycles. The minimum atomic E-state index is 0.700. The van der Waals surface area contributed by atoms with E-state index in [1.54, 1.807) is 0 Å². The van der Waals surface area contributed by atoms with Gasteiger partial charge in [-0.2, -0.15) is 11.8 Å². The average molecular weight is 263 g/mol. The molecule has 1 nitrogen and oxygen atoms in total. The van der Waals surface area contributed by atoms with E-state index in [4.69, 9.17) is 0 Å². The van der Waals surface area contributed by atoms with Gasteiger partial charge in [0.25, 0.3) is 0 Å². The van der Waals surface area contributed by atoms with Gasteiger partial charge in [0.1, 0.15) is 0 Å². The lowest BCUT2D eigenvalue weighted by Gasteiger charge is -2.16. The van der Waals surface area contributed by atoms with Crippen molar-refractivity contribution in [2.24, 2.45) is 0 Å². The highest BCUT2D eigenvalue weighted by molar-refractivity contribution is 7.99. The molecule has 100 valence electrons. The van der Waals surface area contributed by atoms with Crippen LogP contribution in [0.4, 0.5) is 0 Å². The van der Waals surface area contributed by atoms with Crippen molar-refractivity contribution >= 4 is 11.8 Å². The molecule has 1 aliphatic carbocycles. The molecular weight excluding hydrogens is 238 g/mol. The molecule has 0 aromatic heterocycles. The molecule has 0 spiro atoms. The van der Waals surface area contributed by atoms with Gasteiger partial charge in [0, 0.05) is 23.6 Å². The van der Waals surface area contributed by atoms with Crippen LogP contribution in [0.2, 0.25) is 0 Å². The van der Waals surface area contributed by atoms with E-state index in [1.165, 1.54) is 36.8 Å². The van der Waals surface area contributed by atoms with E-state index < -0.39 is 0 Å². The first-order valence-corrected chi connectivity index (χ1v) is 8.19. The number of thioether (sulfide) groups is 1. The third-order valence-electron chi connectivity index (χ3n) is 3.67. The number of benzene rings is 1. The zero-order valence-electron chi connectivity index (χ0n) is 11.6. The first-order chi connectivity index (χ1) is 8.74. The molecule has 0 heterocycles. The topological polar surface area (TPSA) is 12.0 Å². The second-order valence-corrected chi connectivity index (χ2v) is 6.93. The number of hydrogen-bond donors (Lipinski definition) is 1. The molecule has 0 radical (unpaired) electrons. The molecule has 1 fully saturated rings. The molecule has 0 bridgehead atoms. The summed E-state index contributed by atoms with van der Waals surface area (Å²) < 4.78 is 0. The lowest BCUT2D eigenvalue weighted by atomic mass is 10.2. The monoisotopic (exact) mass is 263 g/mol. The van der Waals surface area contributed by atoms with Crippen LogP contribution in [0.5, 0.6) is 0 Å². The predicted molar refractivity (Wildman–Crippen MR) is 82.2 cm³/mol. The quantitative estimate of drug-likeness (QED) is 0.827. The van der Waals surface area contributed by atoms with Crippen LogP contribution in [-0.4, -0.2) is 17.8 Å². The Morgan fingerprint density at radius 3 is 2.83 bits per heavy atom. The van der Waals surface area contributed by atoms with Gasteiger partial charge in [-0.15, -0.1) is 0 Å². The van der Waals surface area contributed by atoms with E-state index in [9.17, 15) is 0 Å². The summed E-state index contributed by atoms with van der Waals surface area (Å²) in [4.78, 5) is 0. The van der Waals surface area contributed by atoms with E-state index in [1.807, 2.05) is 0 Å². The smallest absolute Gasteiger partial charge is 0.0187 e. The Labute approximate surface area is 116 Å². The maximum atomic E-state index is 3.71. The minimum absolute atomic E-state index is 0.700. The highest BCUT2D eigenvalue weighted by Crippen LogP contribution is 2.20. The SMILES string of the molecule is Cc1cccc(CSC(C)CNC2CCCC2)c1. The molecule has 2 rings (SSSR count). The Bertz CT molecular complexity index is 358. The molecule has 1 atom stereocenters. The fourth-order valence-electron chi connectivity index (χ4n) is 2.56. The number of aryl methyl sites for hydroxylation is 1. The van der Waals surface area contributed by atoms with Crippen LogP contribution in [0.25, 0.3) is 0 Å². The molecule has 0 aliphatic heterocycles. The molecule has 2 heteroatoms. The molecular formula is C16H25NS. The largest absolute Gasteiger partial charge is 0.313 e. The van der Waals surface area contributed by atoms with Gasteiger partial charge in [-0.1, -0.05) is 49.6 Å². The summed E-state index contributed by atoms with van der Waals surface area (Å²) >= 11 is 2.06. The molecule has 1 unspecified atom stereocenters. The normalized spacial score (nSPS) is 18.1. The second kappa shape index (κ2) is 7.20. The summed E-state index contributed by atoms with van der Waals surface area (Å²) in [6.07, 6.45) is 5.61. The fourth-order valence-corrected chi connectivity index (χ4v) is 3.43. The summed E-state index contributed by atoms with van der Waals surface area (Å²) in [6.45, 7) is 5.66. The Balaban J connectivity index is 1.66. The van der Waals surface area contributed by atoms with Gasteiger partial charge >= 0.3 is 0 Å². The van der Waals surface area contributed by atoms with Gasteiger partial charge in [-0.3, -0.25) is 0 Å². The van der Waals surface area contributed by atoms with Gasteiger partial charge in [-0.05, 0) is 25.3 Å². The Morgan fingerprint density at radius 1 is 1.33 bits per heavy atom. The molecule has 0 amide bonds. The van der Waals surface area contributed by atoms with Crippen LogP contribution in [-0.2, 0) is 5.75 Å². The van der Waals surface area contributed by atoms with Crippen molar-refractivity contribution in [1.82, 2.24) is 5.32 Å². The van der Waals surface area contributed by atoms with Crippen molar-refractivity contribution < 1.29 is 0 Å². The third-order valence-corrected chi connectivity index (χ3v) is 4.90. The molecule has 1 N–H and O–H groups in total. The highest BCUT2D eigenvalue weighted by atomic mass is 32.2. The maximum absolute atomic E-state index is 3.71. The van der Waals surface area contributed by atoms with Crippen molar-refractivity contribution in [2.75, 3.05) is 6.54 Å². The van der Waals surface area contributed by atoms with Crippen LogP contribution >= 0.6 is 11.8 Å². The Morgan fingerprint density at radius 2 is 2.11 bits per heavy atom. The van der Waals surface area contributed by atoms with Gasteiger partial charge in [0.15, 0.2) is 0 Å². The lowest BCUT2D eigenvalue weighted by Crippen LogP contribution is -2.31. The zero-order chi connectivity index (χ0) is 12.8. The zero-order valence-corrected chi connectivity index (χ0v) is 12.4. The van der Waals surface area contributed by atoms with Crippen LogP contribution < -0.4 is 5.32 Å². The van der Waals surface area contributed by atoms with E-state index in [-0.39, 0.29) is 0 Å². The molecule has 1 saturated carbocycles. The highest BCUT2D eigenvalue weighted by Gasteiger charge is 2.15. The second-order valence-electron chi connectivity index (χ2n) is 5.50. The Kier molecular flexibility index (Phi) is 5.58. The van der Waals surface area contributed by atoms with E-state index in [0.29, 0.717) is 5.25 Å². The van der Waals surface area contributed by atoms with Gasteiger partial charge in [0.2, 0.25) is 0 Å². The Hall–Kier alpha value is -0.470. The summed E-state index contributed by atoms with van der Waals surface area (Å²) in [5, 5.41) is 4.41.